The first kappa shape index (κ1) is 22.8. The van der Waals surface area contributed by atoms with Gasteiger partial charge < -0.3 is 4.90 Å². The highest BCUT2D eigenvalue weighted by Gasteiger charge is 2.35. The van der Waals surface area contributed by atoms with Crippen molar-refractivity contribution in [1.29, 1.82) is 0 Å². The predicted octanol–water partition coefficient (Wildman–Crippen LogP) is 3.10. The molecule has 2 aromatic carbocycles. The average molecular weight is 479 g/mol. The number of para-hydroxylation sites is 1. The van der Waals surface area contributed by atoms with Crippen molar-refractivity contribution in [1.82, 2.24) is 19.6 Å². The first-order chi connectivity index (χ1) is 16.3. The van der Waals surface area contributed by atoms with Gasteiger partial charge in [-0.25, -0.2) is 13.1 Å². The van der Waals surface area contributed by atoms with E-state index >= 15 is 0 Å². The highest BCUT2D eigenvalue weighted by atomic mass is 32.2. The lowest BCUT2D eigenvalue weighted by molar-refractivity contribution is 0.0588. The van der Waals surface area contributed by atoms with Crippen LogP contribution >= 0.6 is 0 Å². The maximum atomic E-state index is 13.7. The van der Waals surface area contributed by atoms with Gasteiger partial charge in [0, 0.05) is 44.0 Å². The number of sulfone groups is 1. The summed E-state index contributed by atoms with van der Waals surface area (Å²) in [5.41, 5.74) is 5.39. The first-order valence-corrected chi connectivity index (χ1v) is 13.6. The number of amides is 1. The Morgan fingerprint density at radius 1 is 1.00 bits per heavy atom. The molecule has 5 rings (SSSR count). The number of nitrogens with zero attached hydrogens (tertiary/aromatic N) is 4. The van der Waals surface area contributed by atoms with Crippen LogP contribution in [-0.2, 0) is 9.84 Å². The van der Waals surface area contributed by atoms with E-state index in [9.17, 15) is 13.2 Å². The van der Waals surface area contributed by atoms with Crippen LogP contribution in [0.25, 0.3) is 16.9 Å². The van der Waals surface area contributed by atoms with Gasteiger partial charge in [0.2, 0.25) is 0 Å². The molecule has 0 unspecified atom stereocenters. The lowest BCUT2D eigenvalue weighted by Gasteiger charge is -2.37. The standard InChI is InChI=1S/C26H30N4O3S/c1-19-8-9-23(20(2)16-19)25-24(17-30(27-25)21-6-4-3-5-7-21)26(31)29-13-11-28(12-14-29)22-10-15-34(32,33)18-22/h3-9,16-17,22H,10-15,18H2,1-2H3/t22-/m0/s1. The van der Waals surface area contributed by atoms with Gasteiger partial charge in [0.15, 0.2) is 9.84 Å². The molecule has 2 saturated heterocycles. The quantitative estimate of drug-likeness (QED) is 0.576. The highest BCUT2D eigenvalue weighted by Crippen LogP contribution is 2.29. The Hall–Kier alpha value is -2.97. The maximum absolute atomic E-state index is 13.7. The van der Waals surface area contributed by atoms with Gasteiger partial charge in [-0.1, -0.05) is 42.0 Å². The number of hydrogen-bond acceptors (Lipinski definition) is 5. The van der Waals surface area contributed by atoms with E-state index < -0.39 is 9.84 Å². The Morgan fingerprint density at radius 3 is 2.38 bits per heavy atom. The average Bonchev–Trinajstić information content (AvgIpc) is 3.43. The lowest BCUT2D eigenvalue weighted by Crippen LogP contribution is -2.52. The lowest BCUT2D eigenvalue weighted by atomic mass is 10.00. The van der Waals surface area contributed by atoms with Crippen LogP contribution in [0.3, 0.4) is 0 Å². The zero-order chi connectivity index (χ0) is 23.9. The van der Waals surface area contributed by atoms with E-state index in [-0.39, 0.29) is 23.5 Å². The van der Waals surface area contributed by atoms with Crippen LogP contribution in [-0.4, -0.2) is 77.6 Å². The van der Waals surface area contributed by atoms with Gasteiger partial charge in [-0.2, -0.15) is 5.10 Å². The van der Waals surface area contributed by atoms with Crippen LogP contribution in [0.4, 0.5) is 0 Å². The summed E-state index contributed by atoms with van der Waals surface area (Å²) < 4.78 is 25.5. The van der Waals surface area contributed by atoms with Crippen molar-refractivity contribution in [3.05, 3.63) is 71.4 Å². The third-order valence-electron chi connectivity index (χ3n) is 6.93. The van der Waals surface area contributed by atoms with Gasteiger partial charge in [0.05, 0.1) is 22.8 Å². The normalized spacial score (nSPS) is 20.5. The van der Waals surface area contributed by atoms with Crippen LogP contribution in [0, 0.1) is 13.8 Å². The van der Waals surface area contributed by atoms with Gasteiger partial charge in [0.1, 0.15) is 5.69 Å². The Bertz CT molecular complexity index is 1310. The Kier molecular flexibility index (Phi) is 6.04. The van der Waals surface area contributed by atoms with Crippen LogP contribution < -0.4 is 0 Å². The van der Waals surface area contributed by atoms with Crippen LogP contribution in [0.15, 0.2) is 54.7 Å². The number of carbonyl (C=O) groups is 1. The Labute approximate surface area is 200 Å². The Balaban J connectivity index is 1.42. The summed E-state index contributed by atoms with van der Waals surface area (Å²) in [6.45, 7) is 6.65. The molecule has 0 radical (unpaired) electrons. The smallest absolute Gasteiger partial charge is 0.257 e. The maximum Gasteiger partial charge on any atom is 0.257 e. The summed E-state index contributed by atoms with van der Waals surface area (Å²) in [4.78, 5) is 17.8. The second-order valence-electron chi connectivity index (χ2n) is 9.37. The molecular formula is C26H30N4O3S. The summed E-state index contributed by atoms with van der Waals surface area (Å²) in [7, 11) is -2.92. The second kappa shape index (κ2) is 9.00. The number of aryl methyl sites for hydroxylation is 2. The summed E-state index contributed by atoms with van der Waals surface area (Å²) >= 11 is 0. The first-order valence-electron chi connectivity index (χ1n) is 11.8. The minimum absolute atomic E-state index is 0.0316. The van der Waals surface area contributed by atoms with E-state index in [0.29, 0.717) is 43.9 Å². The minimum atomic E-state index is -2.92. The molecule has 34 heavy (non-hydrogen) atoms. The largest absolute Gasteiger partial charge is 0.336 e. The van der Waals surface area contributed by atoms with Crippen molar-refractivity contribution >= 4 is 15.7 Å². The zero-order valence-corrected chi connectivity index (χ0v) is 20.5. The fourth-order valence-electron chi connectivity index (χ4n) is 5.05. The van der Waals surface area contributed by atoms with E-state index in [1.54, 1.807) is 4.68 Å². The number of piperazine rings is 1. The van der Waals surface area contributed by atoms with Gasteiger partial charge >= 0.3 is 0 Å². The third kappa shape index (κ3) is 4.52. The van der Waals surface area contributed by atoms with E-state index in [2.05, 4.69) is 17.9 Å². The molecule has 0 saturated carbocycles. The predicted molar refractivity (Wildman–Crippen MR) is 133 cm³/mol. The van der Waals surface area contributed by atoms with Crippen molar-refractivity contribution in [2.24, 2.45) is 0 Å². The third-order valence-corrected chi connectivity index (χ3v) is 8.68. The number of benzene rings is 2. The molecule has 0 N–H and O–H groups in total. The molecule has 1 aromatic heterocycles. The van der Waals surface area contributed by atoms with Gasteiger partial charge in [-0.05, 0) is 38.0 Å². The van der Waals surface area contributed by atoms with Crippen LogP contribution in [0.1, 0.15) is 27.9 Å². The van der Waals surface area contributed by atoms with Crippen molar-refractivity contribution in [3.8, 4) is 16.9 Å². The van der Waals surface area contributed by atoms with Gasteiger partial charge in [-0.3, -0.25) is 9.69 Å². The van der Waals surface area contributed by atoms with Crippen molar-refractivity contribution < 1.29 is 13.2 Å². The molecule has 1 amide bonds. The molecule has 1 atom stereocenters. The monoisotopic (exact) mass is 478 g/mol. The highest BCUT2D eigenvalue weighted by molar-refractivity contribution is 7.91. The second-order valence-corrected chi connectivity index (χ2v) is 11.6. The van der Waals surface area contributed by atoms with Crippen molar-refractivity contribution in [2.75, 3.05) is 37.7 Å². The molecule has 0 aliphatic carbocycles. The van der Waals surface area contributed by atoms with Crippen LogP contribution in [0.5, 0.6) is 0 Å². The summed E-state index contributed by atoms with van der Waals surface area (Å²) in [5, 5.41) is 4.84. The van der Waals surface area contributed by atoms with E-state index in [1.165, 1.54) is 5.56 Å². The molecule has 0 bridgehead atoms. The topological polar surface area (TPSA) is 75.5 Å². The molecule has 2 aliphatic rings. The molecule has 3 aromatic rings. The van der Waals surface area contributed by atoms with E-state index in [1.807, 2.05) is 60.5 Å². The van der Waals surface area contributed by atoms with E-state index in [4.69, 9.17) is 5.10 Å². The molecule has 178 valence electrons. The zero-order valence-electron chi connectivity index (χ0n) is 19.6. The van der Waals surface area contributed by atoms with Crippen LogP contribution in [0.2, 0.25) is 0 Å². The summed E-state index contributed by atoms with van der Waals surface area (Å²) in [5.74, 6) is 0.479. The molecule has 2 fully saturated rings. The molecule has 0 spiro atoms. The number of hydrogen-bond donors (Lipinski definition) is 0. The summed E-state index contributed by atoms with van der Waals surface area (Å²) in [6, 6.07) is 16.1. The summed E-state index contributed by atoms with van der Waals surface area (Å²) in [6.07, 6.45) is 2.53. The Morgan fingerprint density at radius 2 is 1.74 bits per heavy atom. The molecule has 3 heterocycles. The van der Waals surface area contributed by atoms with Gasteiger partial charge in [0.25, 0.3) is 5.91 Å². The number of rotatable bonds is 4. The number of carbonyl (C=O) groups excluding carboxylic acids is 1. The molecular weight excluding hydrogens is 448 g/mol. The van der Waals surface area contributed by atoms with Gasteiger partial charge in [-0.15, -0.1) is 0 Å². The molecule has 7 nitrogen and oxygen atoms in total. The van der Waals surface area contributed by atoms with E-state index in [0.717, 1.165) is 16.8 Å². The van der Waals surface area contributed by atoms with Crippen molar-refractivity contribution in [2.45, 2.75) is 26.3 Å². The molecule has 8 heteroatoms. The fourth-order valence-corrected chi connectivity index (χ4v) is 6.81. The fraction of sp³-hybridized carbons (Fsp3) is 0.385. The minimum Gasteiger partial charge on any atom is -0.336 e. The molecule has 2 aliphatic heterocycles. The SMILES string of the molecule is Cc1ccc(-c2nn(-c3ccccc3)cc2C(=O)N2CCN([C@H]3CCS(=O)(=O)C3)CC2)c(C)c1. The van der Waals surface area contributed by atoms with Crippen molar-refractivity contribution in [3.63, 3.8) is 0 Å². The number of aromatic nitrogens is 2.